The summed E-state index contributed by atoms with van der Waals surface area (Å²) in [5, 5.41) is 19.8. The zero-order chi connectivity index (χ0) is 19.5. The number of nitrogens with zero attached hydrogens (tertiary/aromatic N) is 2. The number of amides is 2. The number of H-pyrrole nitrogens is 1. The second kappa shape index (κ2) is 8.14. The number of aromatic amines is 1. The summed E-state index contributed by atoms with van der Waals surface area (Å²) in [6.45, 7) is 0.822. The normalized spacial score (nSPS) is 21.4. The Labute approximate surface area is 164 Å². The molecule has 2 amide bonds. The molecule has 1 fully saturated rings. The average Bonchev–Trinajstić information content (AvgIpc) is 3.34. The standard InChI is InChI=1S/C21H26N4O3/c26-19-6-7-25(21(28)10-15-11-22-23-12-15)13-18(19)24-20(27)9-14-4-5-16-2-1-3-17(16)8-14/h4-5,8,11-12,18-19,26H,1-3,6-7,9-10,13H2,(H,22,23)(H,24,27)/t18-,19-/m1/s1. The number of benzene rings is 1. The first-order chi connectivity index (χ1) is 13.6. The lowest BCUT2D eigenvalue weighted by Crippen LogP contribution is -2.56. The maximum atomic E-state index is 12.5. The molecule has 0 bridgehead atoms. The Kier molecular flexibility index (Phi) is 5.43. The smallest absolute Gasteiger partial charge is 0.227 e. The molecule has 1 aromatic carbocycles. The Balaban J connectivity index is 1.33. The SMILES string of the molecule is O=C(Cc1ccc2c(c1)CCC2)N[C@@H]1CN(C(=O)Cc2cn[nH]c2)CC[C@H]1O. The van der Waals surface area contributed by atoms with E-state index in [9.17, 15) is 14.7 Å². The van der Waals surface area contributed by atoms with Crippen LogP contribution in [0.4, 0.5) is 0 Å². The van der Waals surface area contributed by atoms with E-state index >= 15 is 0 Å². The lowest BCUT2D eigenvalue weighted by molar-refractivity contribution is -0.135. The topological polar surface area (TPSA) is 98.3 Å². The summed E-state index contributed by atoms with van der Waals surface area (Å²) in [4.78, 5) is 26.7. The number of fused-ring (bicyclic) bond motifs is 1. The van der Waals surface area contributed by atoms with Gasteiger partial charge in [-0.25, -0.2) is 0 Å². The number of likely N-dealkylation sites (tertiary alicyclic amines) is 1. The van der Waals surface area contributed by atoms with Crippen molar-refractivity contribution in [1.82, 2.24) is 20.4 Å². The van der Waals surface area contributed by atoms with Gasteiger partial charge in [0.25, 0.3) is 0 Å². The third-order valence-corrected chi connectivity index (χ3v) is 5.71. The molecule has 2 atom stereocenters. The van der Waals surface area contributed by atoms with Crippen molar-refractivity contribution in [3.05, 3.63) is 52.8 Å². The van der Waals surface area contributed by atoms with Crippen LogP contribution in [0.5, 0.6) is 0 Å². The molecule has 1 aromatic heterocycles. The fourth-order valence-electron chi connectivity index (χ4n) is 4.15. The molecule has 2 aromatic rings. The van der Waals surface area contributed by atoms with E-state index in [0.29, 0.717) is 25.9 Å². The van der Waals surface area contributed by atoms with Gasteiger partial charge >= 0.3 is 0 Å². The number of nitrogens with one attached hydrogen (secondary N) is 2. The van der Waals surface area contributed by atoms with Crippen LogP contribution in [0, 0.1) is 0 Å². The molecule has 2 aliphatic rings. The molecular weight excluding hydrogens is 356 g/mol. The van der Waals surface area contributed by atoms with Gasteiger partial charge in [-0.3, -0.25) is 14.7 Å². The maximum absolute atomic E-state index is 12.5. The van der Waals surface area contributed by atoms with E-state index in [-0.39, 0.29) is 18.2 Å². The summed E-state index contributed by atoms with van der Waals surface area (Å²) in [6, 6.07) is 5.82. The molecule has 0 spiro atoms. The minimum atomic E-state index is -0.637. The van der Waals surface area contributed by atoms with Gasteiger partial charge in [0.2, 0.25) is 11.8 Å². The number of aliphatic hydroxyl groups is 1. The van der Waals surface area contributed by atoms with E-state index in [2.05, 4.69) is 27.6 Å². The van der Waals surface area contributed by atoms with Gasteiger partial charge in [-0.15, -0.1) is 0 Å². The Hall–Kier alpha value is -2.67. The van der Waals surface area contributed by atoms with Crippen LogP contribution in [0.2, 0.25) is 0 Å². The largest absolute Gasteiger partial charge is 0.391 e. The first-order valence-corrected chi connectivity index (χ1v) is 9.92. The number of aliphatic hydroxyl groups excluding tert-OH is 1. The van der Waals surface area contributed by atoms with Crippen molar-refractivity contribution in [2.45, 2.75) is 50.7 Å². The summed E-state index contributed by atoms with van der Waals surface area (Å²) in [5.74, 6) is -0.141. The van der Waals surface area contributed by atoms with E-state index in [4.69, 9.17) is 0 Å². The molecule has 7 heteroatoms. The highest BCUT2D eigenvalue weighted by atomic mass is 16.3. The summed E-state index contributed by atoms with van der Waals surface area (Å²) >= 11 is 0. The lowest BCUT2D eigenvalue weighted by atomic mass is 10.00. The van der Waals surface area contributed by atoms with Crippen molar-refractivity contribution in [2.24, 2.45) is 0 Å². The van der Waals surface area contributed by atoms with Crippen LogP contribution >= 0.6 is 0 Å². The molecule has 148 valence electrons. The van der Waals surface area contributed by atoms with Gasteiger partial charge in [0.15, 0.2) is 0 Å². The van der Waals surface area contributed by atoms with Crippen molar-refractivity contribution in [3.8, 4) is 0 Å². The zero-order valence-corrected chi connectivity index (χ0v) is 15.9. The number of carbonyl (C=O) groups excluding carboxylic acids is 2. The molecule has 4 rings (SSSR count). The molecule has 0 unspecified atom stereocenters. The fraction of sp³-hybridized carbons (Fsp3) is 0.476. The molecule has 3 N–H and O–H groups in total. The van der Waals surface area contributed by atoms with Gasteiger partial charge in [-0.2, -0.15) is 5.10 Å². The number of aromatic nitrogens is 2. The fourth-order valence-corrected chi connectivity index (χ4v) is 4.15. The monoisotopic (exact) mass is 382 g/mol. The first kappa shape index (κ1) is 18.7. The van der Waals surface area contributed by atoms with Crippen LogP contribution in [0.1, 0.15) is 35.1 Å². The molecular formula is C21H26N4O3. The molecule has 2 heterocycles. The Morgan fingerprint density at radius 3 is 2.89 bits per heavy atom. The predicted octanol–water partition coefficient (Wildman–Crippen LogP) is 0.762. The number of hydrogen-bond donors (Lipinski definition) is 3. The number of hydrogen-bond acceptors (Lipinski definition) is 4. The lowest BCUT2D eigenvalue weighted by Gasteiger charge is -2.36. The summed E-state index contributed by atoms with van der Waals surface area (Å²) < 4.78 is 0. The maximum Gasteiger partial charge on any atom is 0.227 e. The number of piperidine rings is 1. The van der Waals surface area contributed by atoms with Gasteiger partial charge in [-0.05, 0) is 47.9 Å². The Morgan fingerprint density at radius 2 is 2.07 bits per heavy atom. The summed E-state index contributed by atoms with van der Waals surface area (Å²) in [7, 11) is 0. The molecule has 1 aliphatic heterocycles. The van der Waals surface area contributed by atoms with E-state index in [1.165, 1.54) is 17.5 Å². The van der Waals surface area contributed by atoms with Crippen LogP contribution < -0.4 is 5.32 Å². The van der Waals surface area contributed by atoms with Gasteiger partial charge in [0.05, 0.1) is 31.2 Å². The quantitative estimate of drug-likeness (QED) is 0.711. The minimum Gasteiger partial charge on any atom is -0.391 e. The molecule has 1 saturated heterocycles. The van der Waals surface area contributed by atoms with Gasteiger partial charge in [-0.1, -0.05) is 18.2 Å². The van der Waals surface area contributed by atoms with Crippen molar-refractivity contribution in [2.75, 3.05) is 13.1 Å². The third-order valence-electron chi connectivity index (χ3n) is 5.71. The second-order valence-electron chi connectivity index (χ2n) is 7.79. The summed E-state index contributed by atoms with van der Waals surface area (Å²) in [6.07, 6.45) is 7.10. The van der Waals surface area contributed by atoms with Gasteiger partial charge in [0, 0.05) is 19.3 Å². The zero-order valence-electron chi connectivity index (χ0n) is 15.9. The van der Waals surface area contributed by atoms with Crippen molar-refractivity contribution in [1.29, 1.82) is 0 Å². The van der Waals surface area contributed by atoms with E-state index in [1.807, 2.05) is 6.07 Å². The van der Waals surface area contributed by atoms with E-state index in [1.54, 1.807) is 17.3 Å². The van der Waals surface area contributed by atoms with Crippen molar-refractivity contribution < 1.29 is 14.7 Å². The number of aryl methyl sites for hydroxylation is 2. The van der Waals surface area contributed by atoms with Crippen LogP contribution in [0.3, 0.4) is 0 Å². The number of carbonyl (C=O) groups is 2. The van der Waals surface area contributed by atoms with Crippen molar-refractivity contribution >= 4 is 11.8 Å². The first-order valence-electron chi connectivity index (χ1n) is 9.92. The molecule has 28 heavy (non-hydrogen) atoms. The van der Waals surface area contributed by atoms with Gasteiger partial charge in [0.1, 0.15) is 0 Å². The van der Waals surface area contributed by atoms with Crippen molar-refractivity contribution in [3.63, 3.8) is 0 Å². The summed E-state index contributed by atoms with van der Waals surface area (Å²) in [5.41, 5.74) is 4.56. The van der Waals surface area contributed by atoms with E-state index in [0.717, 1.165) is 24.0 Å². The Morgan fingerprint density at radius 1 is 1.21 bits per heavy atom. The Bertz CT molecular complexity index is 849. The van der Waals surface area contributed by atoms with Crippen LogP contribution in [-0.4, -0.2) is 57.3 Å². The molecule has 0 saturated carbocycles. The van der Waals surface area contributed by atoms with Crippen LogP contribution in [0.25, 0.3) is 0 Å². The second-order valence-corrected chi connectivity index (χ2v) is 7.79. The average molecular weight is 382 g/mol. The van der Waals surface area contributed by atoms with Gasteiger partial charge < -0.3 is 15.3 Å². The third kappa shape index (κ3) is 4.25. The van der Waals surface area contributed by atoms with E-state index < -0.39 is 12.1 Å². The molecule has 1 aliphatic carbocycles. The highest BCUT2D eigenvalue weighted by molar-refractivity contribution is 5.80. The number of rotatable bonds is 5. The molecule has 0 radical (unpaired) electrons. The minimum absolute atomic E-state index is 0.0221. The molecule has 7 nitrogen and oxygen atoms in total. The van der Waals surface area contributed by atoms with Crippen LogP contribution in [-0.2, 0) is 35.3 Å². The van der Waals surface area contributed by atoms with Crippen LogP contribution in [0.15, 0.2) is 30.6 Å². The predicted molar refractivity (Wildman–Crippen MR) is 104 cm³/mol. The highest BCUT2D eigenvalue weighted by Gasteiger charge is 2.31. The highest BCUT2D eigenvalue weighted by Crippen LogP contribution is 2.23.